The van der Waals surface area contributed by atoms with Crippen LogP contribution < -0.4 is 15.1 Å². The van der Waals surface area contributed by atoms with Crippen LogP contribution in [-0.4, -0.2) is 81.4 Å². The Bertz CT molecular complexity index is 1310. The van der Waals surface area contributed by atoms with E-state index in [9.17, 15) is 0 Å². The summed E-state index contributed by atoms with van der Waals surface area (Å²) in [4.78, 5) is 16.9. The Kier molecular flexibility index (Phi) is 8.70. The van der Waals surface area contributed by atoms with E-state index in [0.29, 0.717) is 24.6 Å². The summed E-state index contributed by atoms with van der Waals surface area (Å²) in [5.41, 5.74) is 3.37. The van der Waals surface area contributed by atoms with Gasteiger partial charge in [-0.25, -0.2) is 14.4 Å². The highest BCUT2D eigenvalue weighted by Gasteiger charge is 2.39. The molecule has 3 aliphatic rings. The fourth-order valence-electron chi connectivity index (χ4n) is 6.81. The summed E-state index contributed by atoms with van der Waals surface area (Å²) >= 11 is 0. The summed E-state index contributed by atoms with van der Waals surface area (Å²) < 4.78 is 21.5. The number of halogens is 1. The largest absolute Gasteiger partial charge is 0.379 e. The van der Waals surface area contributed by atoms with Crippen molar-refractivity contribution in [2.45, 2.75) is 56.7 Å². The molecule has 220 valence electrons. The van der Waals surface area contributed by atoms with Gasteiger partial charge in [-0.1, -0.05) is 24.3 Å². The fraction of sp³-hybridized carbons (Fsp3) is 0.576. The van der Waals surface area contributed by atoms with Crippen molar-refractivity contribution in [1.82, 2.24) is 20.2 Å². The number of anilines is 2. The van der Waals surface area contributed by atoms with Crippen LogP contribution in [0.1, 0.15) is 61.4 Å². The lowest BCUT2D eigenvalue weighted by atomic mass is 9.88. The smallest absolute Gasteiger partial charge is 0.170 e. The quantitative estimate of drug-likeness (QED) is 0.359. The van der Waals surface area contributed by atoms with Crippen LogP contribution in [0.25, 0.3) is 10.9 Å². The molecule has 1 aliphatic carbocycles. The van der Waals surface area contributed by atoms with Gasteiger partial charge in [0.2, 0.25) is 0 Å². The summed E-state index contributed by atoms with van der Waals surface area (Å²) in [5, 5.41) is 4.65. The highest BCUT2D eigenvalue weighted by atomic mass is 19.1. The molecule has 1 saturated carbocycles. The van der Waals surface area contributed by atoms with Gasteiger partial charge in [0.15, 0.2) is 11.5 Å². The molecular weight excluding hydrogens is 515 g/mol. The molecule has 0 bridgehead atoms. The van der Waals surface area contributed by atoms with E-state index in [1.165, 1.54) is 16.8 Å². The normalized spacial score (nSPS) is 20.1. The predicted octanol–water partition coefficient (Wildman–Crippen LogP) is 5.24. The second kappa shape index (κ2) is 12.6. The Balaban J connectivity index is 1.22. The lowest BCUT2D eigenvalue weighted by Gasteiger charge is -2.35. The first-order valence-corrected chi connectivity index (χ1v) is 15.5. The third-order valence-corrected chi connectivity index (χ3v) is 9.23. The number of para-hydroxylation sites is 1. The Hall–Kier alpha value is -2.81. The van der Waals surface area contributed by atoms with Crippen LogP contribution >= 0.6 is 0 Å². The Morgan fingerprint density at radius 1 is 1.00 bits per heavy atom. The highest BCUT2D eigenvalue weighted by Crippen LogP contribution is 2.43. The number of benzene rings is 2. The van der Waals surface area contributed by atoms with Crippen LogP contribution in [0, 0.1) is 0 Å². The number of hydrogen-bond donors (Lipinski definition) is 1. The first-order chi connectivity index (χ1) is 20.0. The van der Waals surface area contributed by atoms with E-state index in [1.807, 2.05) is 0 Å². The van der Waals surface area contributed by atoms with Gasteiger partial charge >= 0.3 is 0 Å². The minimum atomic E-state index is -1.41. The average molecular weight is 561 g/mol. The molecular formula is C33H45FN6O. The van der Waals surface area contributed by atoms with Crippen LogP contribution in [0.15, 0.2) is 42.5 Å². The molecule has 1 aromatic heterocycles. The van der Waals surface area contributed by atoms with Crippen LogP contribution in [-0.2, 0) is 17.0 Å². The Labute approximate surface area is 244 Å². The second-order valence-corrected chi connectivity index (χ2v) is 12.2. The number of alkyl halides is 1. The van der Waals surface area contributed by atoms with Gasteiger partial charge in [0.1, 0.15) is 5.82 Å². The summed E-state index contributed by atoms with van der Waals surface area (Å²) in [7, 11) is 4.24. The fourth-order valence-corrected chi connectivity index (χ4v) is 6.81. The van der Waals surface area contributed by atoms with Crippen molar-refractivity contribution in [2.24, 2.45) is 0 Å². The molecule has 1 N–H and O–H groups in total. The van der Waals surface area contributed by atoms with E-state index in [2.05, 4.69) is 76.6 Å². The molecule has 7 nitrogen and oxygen atoms in total. The number of ether oxygens (including phenoxy) is 1. The van der Waals surface area contributed by atoms with E-state index in [-0.39, 0.29) is 0 Å². The number of hydrogen-bond acceptors (Lipinski definition) is 7. The number of rotatable bonds is 9. The van der Waals surface area contributed by atoms with E-state index in [0.717, 1.165) is 101 Å². The zero-order valence-corrected chi connectivity index (χ0v) is 24.7. The second-order valence-electron chi connectivity index (χ2n) is 12.2. The van der Waals surface area contributed by atoms with E-state index in [1.54, 1.807) is 0 Å². The van der Waals surface area contributed by atoms with Gasteiger partial charge in [0, 0.05) is 71.0 Å². The van der Waals surface area contributed by atoms with E-state index in [4.69, 9.17) is 14.7 Å². The lowest BCUT2D eigenvalue weighted by molar-refractivity contribution is 0.0384. The minimum absolute atomic E-state index is 0.383. The molecule has 0 atom stereocenters. The number of morpholine rings is 1. The van der Waals surface area contributed by atoms with Gasteiger partial charge in [-0.05, 0) is 73.8 Å². The van der Waals surface area contributed by atoms with Gasteiger partial charge < -0.3 is 19.9 Å². The van der Waals surface area contributed by atoms with Gasteiger partial charge in [-0.15, -0.1) is 0 Å². The number of piperidine rings is 1. The van der Waals surface area contributed by atoms with Gasteiger partial charge in [0.05, 0.1) is 18.7 Å². The topological polar surface area (TPSA) is 56.8 Å². The molecule has 3 aromatic rings. The van der Waals surface area contributed by atoms with Crippen molar-refractivity contribution in [3.05, 3.63) is 59.4 Å². The van der Waals surface area contributed by atoms with E-state index < -0.39 is 5.67 Å². The maximum Gasteiger partial charge on any atom is 0.170 e. The van der Waals surface area contributed by atoms with Crippen LogP contribution in [0.2, 0.25) is 0 Å². The van der Waals surface area contributed by atoms with Crippen molar-refractivity contribution >= 4 is 22.4 Å². The van der Waals surface area contributed by atoms with Crippen LogP contribution in [0.4, 0.5) is 15.9 Å². The summed E-state index contributed by atoms with van der Waals surface area (Å²) in [6.07, 6.45) is 4.95. The first kappa shape index (κ1) is 28.3. The molecule has 0 unspecified atom stereocenters. The molecule has 41 heavy (non-hydrogen) atoms. The number of nitrogens with zero attached hydrogens (tertiary/aromatic N) is 5. The average Bonchev–Trinajstić information content (AvgIpc) is 3.47. The standard InChI is InChI=1S/C33H45FN6O/c1-38(2)30-8-4-3-7-27(30)26-11-16-40(17-12-26)31-28-23-25(24-35-15-18-39-19-21-41-22-20-39)9-10-29(28)36-32(37-31)33(34)13-5-6-14-33/h3-4,7-10,23,26,35H,5-6,11-22,24H2,1-2H3. The van der Waals surface area contributed by atoms with Crippen molar-refractivity contribution in [2.75, 3.05) is 76.4 Å². The molecule has 2 aromatic carbocycles. The molecule has 6 rings (SSSR count). The Morgan fingerprint density at radius 3 is 2.51 bits per heavy atom. The zero-order chi connectivity index (χ0) is 28.2. The SMILES string of the molecule is CN(C)c1ccccc1C1CCN(c2nc(C3(F)CCCC3)nc3ccc(CNCCN4CCOCC4)cc23)CC1. The van der Waals surface area contributed by atoms with Crippen molar-refractivity contribution < 1.29 is 9.13 Å². The van der Waals surface area contributed by atoms with Gasteiger partial charge in [0.25, 0.3) is 0 Å². The molecule has 8 heteroatoms. The number of nitrogens with one attached hydrogen (secondary N) is 1. The van der Waals surface area contributed by atoms with Gasteiger partial charge in [-0.3, -0.25) is 4.90 Å². The summed E-state index contributed by atoms with van der Waals surface area (Å²) in [6, 6.07) is 15.2. The molecule has 0 radical (unpaired) electrons. The maximum absolute atomic E-state index is 16.0. The summed E-state index contributed by atoms with van der Waals surface area (Å²) in [5.74, 6) is 1.79. The molecule has 0 spiro atoms. The minimum Gasteiger partial charge on any atom is -0.379 e. The molecule has 2 aliphatic heterocycles. The maximum atomic E-state index is 16.0. The van der Waals surface area contributed by atoms with Gasteiger partial charge in [-0.2, -0.15) is 0 Å². The molecule has 3 heterocycles. The lowest BCUT2D eigenvalue weighted by Crippen LogP contribution is -2.40. The summed E-state index contributed by atoms with van der Waals surface area (Å²) in [6.45, 7) is 8.23. The zero-order valence-electron chi connectivity index (χ0n) is 24.7. The van der Waals surface area contributed by atoms with Crippen molar-refractivity contribution in [1.29, 1.82) is 0 Å². The third kappa shape index (κ3) is 6.35. The monoisotopic (exact) mass is 560 g/mol. The Morgan fingerprint density at radius 2 is 1.76 bits per heavy atom. The first-order valence-electron chi connectivity index (χ1n) is 15.5. The van der Waals surface area contributed by atoms with Crippen LogP contribution in [0.3, 0.4) is 0 Å². The van der Waals surface area contributed by atoms with Crippen LogP contribution in [0.5, 0.6) is 0 Å². The molecule has 2 saturated heterocycles. The highest BCUT2D eigenvalue weighted by molar-refractivity contribution is 5.90. The third-order valence-electron chi connectivity index (χ3n) is 9.23. The number of aromatic nitrogens is 2. The molecule has 3 fully saturated rings. The van der Waals surface area contributed by atoms with Crippen molar-refractivity contribution in [3.8, 4) is 0 Å². The van der Waals surface area contributed by atoms with E-state index >= 15 is 4.39 Å². The number of fused-ring (bicyclic) bond motifs is 1. The predicted molar refractivity (Wildman–Crippen MR) is 165 cm³/mol. The van der Waals surface area contributed by atoms with Crippen molar-refractivity contribution in [3.63, 3.8) is 0 Å². The molecule has 0 amide bonds.